The predicted octanol–water partition coefficient (Wildman–Crippen LogP) is 0.700. The van der Waals surface area contributed by atoms with Crippen molar-refractivity contribution in [2.24, 2.45) is 0 Å². The lowest BCUT2D eigenvalue weighted by Gasteiger charge is -2.33. The van der Waals surface area contributed by atoms with Crippen LogP contribution in [0.25, 0.3) is 0 Å². The van der Waals surface area contributed by atoms with Crippen LogP contribution in [0.1, 0.15) is 23.3 Å². The molecule has 0 radical (unpaired) electrons. The SMILES string of the molecule is COc1ccc(C(O)C(NC=O)C(NC=O)C(O)c2ccc(OC)cc2)cc1. The average molecular weight is 388 g/mol. The highest BCUT2D eigenvalue weighted by atomic mass is 16.5. The van der Waals surface area contributed by atoms with Gasteiger partial charge in [-0.25, -0.2) is 0 Å². The van der Waals surface area contributed by atoms with Gasteiger partial charge in [0, 0.05) is 0 Å². The number of aliphatic hydroxyl groups excluding tert-OH is 2. The van der Waals surface area contributed by atoms with Crippen LogP contribution in [0.2, 0.25) is 0 Å². The predicted molar refractivity (Wildman–Crippen MR) is 102 cm³/mol. The number of carbonyl (C=O) groups is 2. The lowest BCUT2D eigenvalue weighted by Crippen LogP contribution is -2.53. The van der Waals surface area contributed by atoms with E-state index >= 15 is 0 Å². The van der Waals surface area contributed by atoms with Gasteiger partial charge in [-0.2, -0.15) is 0 Å². The van der Waals surface area contributed by atoms with E-state index in [9.17, 15) is 19.8 Å². The monoisotopic (exact) mass is 388 g/mol. The maximum Gasteiger partial charge on any atom is 0.207 e. The molecule has 0 aliphatic carbocycles. The molecule has 0 saturated carbocycles. The highest BCUT2D eigenvalue weighted by molar-refractivity contribution is 5.51. The number of hydrogen-bond acceptors (Lipinski definition) is 6. The summed E-state index contributed by atoms with van der Waals surface area (Å²) in [6.45, 7) is 0. The van der Waals surface area contributed by atoms with Crippen molar-refractivity contribution in [1.29, 1.82) is 0 Å². The van der Waals surface area contributed by atoms with E-state index in [1.165, 1.54) is 14.2 Å². The molecule has 0 aliphatic rings. The molecule has 2 amide bonds. The first-order chi connectivity index (χ1) is 13.5. The van der Waals surface area contributed by atoms with Gasteiger partial charge in [-0.1, -0.05) is 24.3 Å². The molecule has 0 aliphatic heterocycles. The molecule has 0 bridgehead atoms. The number of rotatable bonds is 11. The molecule has 2 aromatic carbocycles. The lowest BCUT2D eigenvalue weighted by molar-refractivity contribution is -0.115. The quantitative estimate of drug-likeness (QED) is 0.421. The normalized spacial score (nSPS) is 14.9. The molecule has 8 heteroatoms. The van der Waals surface area contributed by atoms with Crippen molar-refractivity contribution in [3.63, 3.8) is 0 Å². The van der Waals surface area contributed by atoms with Crippen molar-refractivity contribution in [3.05, 3.63) is 59.7 Å². The zero-order chi connectivity index (χ0) is 20.5. The Balaban J connectivity index is 2.32. The van der Waals surface area contributed by atoms with E-state index in [0.29, 0.717) is 35.4 Å². The minimum absolute atomic E-state index is 0.414. The molecule has 4 N–H and O–H groups in total. The first-order valence-electron chi connectivity index (χ1n) is 8.59. The van der Waals surface area contributed by atoms with Crippen LogP contribution in [0.5, 0.6) is 11.5 Å². The molecule has 0 fully saturated rings. The third-order valence-corrected chi connectivity index (χ3v) is 4.50. The van der Waals surface area contributed by atoms with Gasteiger partial charge in [0.1, 0.15) is 23.7 Å². The molecule has 0 aromatic heterocycles. The molecule has 150 valence electrons. The van der Waals surface area contributed by atoms with Crippen LogP contribution in [-0.4, -0.2) is 49.3 Å². The van der Waals surface area contributed by atoms with Gasteiger partial charge < -0.3 is 30.3 Å². The van der Waals surface area contributed by atoms with Crippen LogP contribution in [-0.2, 0) is 9.59 Å². The zero-order valence-corrected chi connectivity index (χ0v) is 15.6. The summed E-state index contributed by atoms with van der Waals surface area (Å²) in [5.74, 6) is 1.22. The molecular weight excluding hydrogens is 364 g/mol. The Labute approximate surface area is 163 Å². The summed E-state index contributed by atoms with van der Waals surface area (Å²) in [5.41, 5.74) is 0.972. The number of nitrogens with one attached hydrogen (secondary N) is 2. The van der Waals surface area contributed by atoms with Crippen molar-refractivity contribution < 1.29 is 29.3 Å². The van der Waals surface area contributed by atoms with Crippen LogP contribution in [0.3, 0.4) is 0 Å². The first kappa shape index (κ1) is 21.2. The fourth-order valence-corrected chi connectivity index (χ4v) is 2.96. The number of aliphatic hydroxyl groups is 2. The Morgan fingerprint density at radius 3 is 1.29 bits per heavy atom. The molecule has 28 heavy (non-hydrogen) atoms. The summed E-state index contributed by atoms with van der Waals surface area (Å²) < 4.78 is 10.2. The van der Waals surface area contributed by atoms with E-state index in [1.807, 2.05) is 0 Å². The molecule has 4 atom stereocenters. The number of benzene rings is 2. The first-order valence-corrected chi connectivity index (χ1v) is 8.59. The van der Waals surface area contributed by atoms with Gasteiger partial charge in [0.05, 0.1) is 26.3 Å². The van der Waals surface area contributed by atoms with Crippen molar-refractivity contribution in [2.75, 3.05) is 14.2 Å². The number of amides is 2. The van der Waals surface area contributed by atoms with Crippen molar-refractivity contribution in [3.8, 4) is 11.5 Å². The van der Waals surface area contributed by atoms with Gasteiger partial charge in [0.2, 0.25) is 12.8 Å². The fraction of sp³-hybridized carbons (Fsp3) is 0.300. The van der Waals surface area contributed by atoms with E-state index in [-0.39, 0.29) is 0 Å². The standard InChI is InChI=1S/C20H24N2O6/c1-27-15-7-3-13(4-8-15)19(25)17(21-11-23)18(22-12-24)20(26)14-5-9-16(28-2)10-6-14/h3-12,17-20,25-26H,1-2H3,(H,21,23)(H,22,24). The van der Waals surface area contributed by atoms with Gasteiger partial charge in [-0.15, -0.1) is 0 Å². The lowest BCUT2D eigenvalue weighted by atomic mass is 9.90. The van der Waals surface area contributed by atoms with Crippen LogP contribution in [0.15, 0.2) is 48.5 Å². The summed E-state index contributed by atoms with van der Waals surface area (Å²) in [6.07, 6.45) is -1.56. The van der Waals surface area contributed by atoms with E-state index < -0.39 is 24.3 Å². The smallest absolute Gasteiger partial charge is 0.207 e. The topological polar surface area (TPSA) is 117 Å². The van der Waals surface area contributed by atoms with E-state index in [1.54, 1.807) is 48.5 Å². The van der Waals surface area contributed by atoms with Gasteiger partial charge in [0.15, 0.2) is 0 Å². The number of methoxy groups -OCH3 is 2. The van der Waals surface area contributed by atoms with Gasteiger partial charge in [0.25, 0.3) is 0 Å². The summed E-state index contributed by atoms with van der Waals surface area (Å²) in [6, 6.07) is 11.2. The number of carbonyl (C=O) groups excluding carboxylic acids is 2. The van der Waals surface area contributed by atoms with Gasteiger partial charge >= 0.3 is 0 Å². The number of hydrogen-bond donors (Lipinski definition) is 4. The summed E-state index contributed by atoms with van der Waals surface area (Å²) in [7, 11) is 3.05. The average Bonchev–Trinajstić information content (AvgIpc) is 2.75. The van der Waals surface area contributed by atoms with Crippen LogP contribution < -0.4 is 20.1 Å². The molecule has 8 nitrogen and oxygen atoms in total. The Kier molecular flexibility index (Phi) is 7.79. The molecule has 0 heterocycles. The molecule has 0 saturated heterocycles. The van der Waals surface area contributed by atoms with E-state index in [4.69, 9.17) is 9.47 Å². The Morgan fingerprint density at radius 1 is 0.714 bits per heavy atom. The molecule has 2 aromatic rings. The van der Waals surface area contributed by atoms with Crippen LogP contribution in [0, 0.1) is 0 Å². The van der Waals surface area contributed by atoms with Crippen molar-refractivity contribution >= 4 is 12.8 Å². The number of ether oxygens (including phenoxy) is 2. The van der Waals surface area contributed by atoms with Crippen molar-refractivity contribution in [1.82, 2.24) is 10.6 Å². The van der Waals surface area contributed by atoms with Crippen LogP contribution >= 0.6 is 0 Å². The Hall–Kier alpha value is -3.10. The summed E-state index contributed by atoms with van der Waals surface area (Å²) >= 11 is 0. The van der Waals surface area contributed by atoms with Crippen molar-refractivity contribution in [2.45, 2.75) is 24.3 Å². The van der Waals surface area contributed by atoms with E-state index in [2.05, 4.69) is 10.6 Å². The largest absolute Gasteiger partial charge is 0.497 e. The highest BCUT2D eigenvalue weighted by Gasteiger charge is 2.34. The zero-order valence-electron chi connectivity index (χ0n) is 15.6. The van der Waals surface area contributed by atoms with Crippen LogP contribution in [0.4, 0.5) is 0 Å². The Bertz CT molecular complexity index is 685. The second kappa shape index (κ2) is 10.3. The van der Waals surface area contributed by atoms with Gasteiger partial charge in [-0.3, -0.25) is 9.59 Å². The molecule has 0 spiro atoms. The summed E-state index contributed by atoms with van der Waals surface area (Å²) in [4.78, 5) is 22.3. The van der Waals surface area contributed by atoms with E-state index in [0.717, 1.165) is 0 Å². The minimum Gasteiger partial charge on any atom is -0.497 e. The third kappa shape index (κ3) is 4.99. The minimum atomic E-state index is -1.19. The molecule has 2 rings (SSSR count). The molecule has 4 unspecified atom stereocenters. The Morgan fingerprint density at radius 2 is 1.04 bits per heavy atom. The van der Waals surface area contributed by atoms with Gasteiger partial charge in [-0.05, 0) is 35.4 Å². The third-order valence-electron chi connectivity index (χ3n) is 4.50. The highest BCUT2D eigenvalue weighted by Crippen LogP contribution is 2.28. The fourth-order valence-electron chi connectivity index (χ4n) is 2.96. The second-order valence-electron chi connectivity index (χ2n) is 6.06. The molecular formula is C20H24N2O6. The second-order valence-corrected chi connectivity index (χ2v) is 6.06. The maximum atomic E-state index is 11.1. The maximum absolute atomic E-state index is 11.1. The summed E-state index contributed by atoms with van der Waals surface area (Å²) in [5, 5.41) is 26.6.